The Labute approximate surface area is 390 Å². The zero-order chi connectivity index (χ0) is 50.8. The number of nitrogens with zero attached hydrogens (tertiary/aromatic N) is 2. The van der Waals surface area contributed by atoms with Gasteiger partial charge in [0.15, 0.2) is 30.6 Å². The molecule has 26 heteroatoms. The van der Waals surface area contributed by atoms with Gasteiger partial charge in [0.25, 0.3) is 0 Å². The summed E-state index contributed by atoms with van der Waals surface area (Å²) in [7, 11) is 0. The number of carboxylic acid groups (broad SMARTS) is 2. The summed E-state index contributed by atoms with van der Waals surface area (Å²) < 4.78 is 28.0. The van der Waals surface area contributed by atoms with Crippen molar-refractivity contribution in [1.82, 2.24) is 26.2 Å². The molecule has 2 aliphatic heterocycles. The highest BCUT2D eigenvalue weighted by atomic mass is 16.7. The van der Waals surface area contributed by atoms with E-state index in [1.165, 1.54) is 18.7 Å². The zero-order valence-electron chi connectivity index (χ0n) is 38.2. The van der Waals surface area contributed by atoms with E-state index in [1.54, 1.807) is 30.3 Å². The molecule has 0 aromatic heterocycles. The fourth-order valence-corrected chi connectivity index (χ4v) is 7.35. The van der Waals surface area contributed by atoms with Crippen molar-refractivity contribution in [1.29, 1.82) is 0 Å². The molecule has 2 heterocycles. The van der Waals surface area contributed by atoms with Crippen LogP contribution < -0.4 is 38.5 Å². The fraction of sp³-hybridized carbons (Fsp3) is 0.595. The van der Waals surface area contributed by atoms with Crippen LogP contribution in [0.1, 0.15) is 72.3 Å². The highest BCUT2D eigenvalue weighted by Crippen LogP contribution is 2.31. The van der Waals surface area contributed by atoms with Crippen molar-refractivity contribution in [3.8, 4) is 0 Å². The van der Waals surface area contributed by atoms with Crippen molar-refractivity contribution >= 4 is 65.3 Å². The van der Waals surface area contributed by atoms with Crippen molar-refractivity contribution in [2.24, 2.45) is 22.2 Å². The van der Waals surface area contributed by atoms with Crippen molar-refractivity contribution in [2.45, 2.75) is 140 Å². The van der Waals surface area contributed by atoms with Gasteiger partial charge in [-0.05, 0) is 45.1 Å². The Hall–Kier alpha value is -6.93. The van der Waals surface area contributed by atoms with Crippen molar-refractivity contribution in [2.75, 3.05) is 19.6 Å². The van der Waals surface area contributed by atoms with E-state index in [4.69, 9.17) is 40.9 Å². The summed E-state index contributed by atoms with van der Waals surface area (Å²) in [4.78, 5) is 132. The first kappa shape index (κ1) is 55.4. The molecule has 3 rings (SSSR count). The van der Waals surface area contributed by atoms with Gasteiger partial charge >= 0.3 is 29.8 Å². The predicted octanol–water partition coefficient (Wildman–Crippen LogP) is -3.32. The number of aliphatic carboxylic acids is 2. The summed E-state index contributed by atoms with van der Waals surface area (Å²) in [6.45, 7) is 5.47. The first-order chi connectivity index (χ1) is 32.0. The number of guanidine groups is 1. The Morgan fingerprint density at radius 1 is 0.838 bits per heavy atom. The third-order valence-electron chi connectivity index (χ3n) is 10.5. The standard InChI is InChI=1S/C42H61N9O17/c1-20(64-41-35(68-24(5)54)34(67-23(4)53)33(21(2)65-41)66-22(3)52)32(43)39(61)51-16-10-14-29(51)38(60)49-26(13-9-15-46-42(44)45)36(58)47-19-30(55)48-27(18-31(56)57)37(59)50-28(40(62)63)17-25-11-7-6-8-12-25/h6-8,11-12,20-21,26-29,32-35,41H,9-10,13-19,43H2,1-5H3,(H,47,58)(H,48,55)(H,49,60)(H,50,59)(H,56,57)(H,62,63)(H4,44,45,46)/t20-,21+,26+,27+,28+,29+,32+,33+,34-,35-,41-/m1/s1. The molecule has 11 atom stereocenters. The summed E-state index contributed by atoms with van der Waals surface area (Å²) >= 11 is 0. The molecule has 1 aromatic rings. The molecular formula is C42H61N9O17. The number of aliphatic imine (C=N–C) groups is 1. The van der Waals surface area contributed by atoms with Gasteiger partial charge in [-0.15, -0.1) is 0 Å². The second kappa shape index (κ2) is 26.4. The lowest BCUT2D eigenvalue weighted by Crippen LogP contribution is -2.63. The van der Waals surface area contributed by atoms with Gasteiger partial charge in [-0.25, -0.2) is 4.79 Å². The van der Waals surface area contributed by atoms with Crippen LogP contribution in [0.15, 0.2) is 35.3 Å². The monoisotopic (exact) mass is 963 g/mol. The van der Waals surface area contributed by atoms with Crippen LogP contribution in [-0.4, -0.2) is 167 Å². The third-order valence-corrected chi connectivity index (χ3v) is 10.5. The normalized spacial score (nSPS) is 22.1. The number of nitrogens with two attached hydrogens (primary N) is 3. The van der Waals surface area contributed by atoms with Gasteiger partial charge in [0.2, 0.25) is 29.5 Å². The van der Waals surface area contributed by atoms with E-state index in [0.717, 1.165) is 20.8 Å². The Morgan fingerprint density at radius 3 is 2.04 bits per heavy atom. The van der Waals surface area contributed by atoms with Gasteiger partial charge in [0.1, 0.15) is 30.2 Å². The third kappa shape index (κ3) is 17.4. The van der Waals surface area contributed by atoms with Crippen LogP contribution in [-0.2, 0) is 78.1 Å². The largest absolute Gasteiger partial charge is 0.481 e. The van der Waals surface area contributed by atoms with E-state index in [2.05, 4.69) is 26.3 Å². The van der Waals surface area contributed by atoms with Crippen LogP contribution in [0.4, 0.5) is 0 Å². The first-order valence-corrected chi connectivity index (χ1v) is 21.6. The number of likely N-dealkylation sites (tertiary alicyclic amines) is 1. The molecule has 2 fully saturated rings. The molecule has 0 aliphatic carbocycles. The van der Waals surface area contributed by atoms with Crippen LogP contribution in [0.5, 0.6) is 0 Å². The van der Waals surface area contributed by atoms with E-state index < -0.39 is 139 Å². The number of hydrogen-bond acceptors (Lipinski definition) is 17. The lowest BCUT2D eigenvalue weighted by molar-refractivity contribution is -0.309. The van der Waals surface area contributed by atoms with Gasteiger partial charge in [-0.1, -0.05) is 30.3 Å². The lowest BCUT2D eigenvalue weighted by atomic mass is 9.98. The quantitative estimate of drug-likeness (QED) is 0.0161. The average Bonchev–Trinajstić information content (AvgIpc) is 3.75. The molecule has 0 unspecified atom stereocenters. The molecule has 2 saturated heterocycles. The molecule has 5 amide bonds. The van der Waals surface area contributed by atoms with Gasteiger partial charge in [0.05, 0.1) is 25.2 Å². The molecule has 0 spiro atoms. The molecule has 2 aliphatic rings. The van der Waals surface area contributed by atoms with Crippen LogP contribution in [0.2, 0.25) is 0 Å². The number of esters is 3. The smallest absolute Gasteiger partial charge is 0.326 e. The molecule has 26 nitrogen and oxygen atoms in total. The highest BCUT2D eigenvalue weighted by molar-refractivity contribution is 5.96. The number of carbonyl (C=O) groups excluding carboxylic acids is 8. The Bertz CT molecular complexity index is 2020. The Kier molecular flexibility index (Phi) is 21.5. The van der Waals surface area contributed by atoms with Crippen LogP contribution >= 0.6 is 0 Å². The molecular weight excluding hydrogens is 903 g/mol. The summed E-state index contributed by atoms with van der Waals surface area (Å²) in [6.07, 6.45) is -8.31. The molecule has 68 heavy (non-hydrogen) atoms. The zero-order valence-corrected chi connectivity index (χ0v) is 38.2. The van der Waals surface area contributed by atoms with Crippen molar-refractivity contribution < 1.29 is 81.8 Å². The van der Waals surface area contributed by atoms with E-state index in [-0.39, 0.29) is 44.7 Å². The Balaban J connectivity index is 1.72. The summed E-state index contributed by atoms with van der Waals surface area (Å²) in [5.41, 5.74) is 17.8. The molecule has 1 aromatic carbocycles. The fourth-order valence-electron chi connectivity index (χ4n) is 7.35. The summed E-state index contributed by atoms with van der Waals surface area (Å²) in [5, 5.41) is 28.5. The number of benzene rings is 1. The number of carbonyl (C=O) groups is 10. The molecule has 0 saturated carbocycles. The first-order valence-electron chi connectivity index (χ1n) is 21.6. The SMILES string of the molecule is CC(=O)O[C@@H]1[C@@H](OC(C)=O)[C@H](C)O[C@@H](O[C@H](C)[C@H](N)C(=O)N2CCC[C@H]2C(=O)N[C@@H](CCCN=C(N)N)C(=O)NCC(=O)N[C@@H](CC(=O)O)C(=O)N[C@@H](Cc2ccccc2)C(=O)O)[C@@H]1OC(C)=O. The maximum absolute atomic E-state index is 13.9. The summed E-state index contributed by atoms with van der Waals surface area (Å²) in [5.74, 6) is -10.1. The number of nitrogens with one attached hydrogen (secondary N) is 4. The minimum atomic E-state index is -1.75. The number of carboxylic acids is 2. The number of ether oxygens (including phenoxy) is 5. The van der Waals surface area contributed by atoms with Crippen LogP contribution in [0.25, 0.3) is 0 Å². The van der Waals surface area contributed by atoms with Gasteiger partial charge in [0, 0.05) is 40.3 Å². The molecule has 12 N–H and O–H groups in total. The second-order valence-corrected chi connectivity index (χ2v) is 16.0. The second-order valence-electron chi connectivity index (χ2n) is 16.0. The van der Waals surface area contributed by atoms with Crippen molar-refractivity contribution in [3.63, 3.8) is 0 Å². The van der Waals surface area contributed by atoms with E-state index >= 15 is 0 Å². The lowest BCUT2D eigenvalue weighted by Gasteiger charge is -2.44. The van der Waals surface area contributed by atoms with E-state index in [0.29, 0.717) is 12.0 Å². The van der Waals surface area contributed by atoms with Gasteiger partial charge in [-0.3, -0.25) is 48.1 Å². The minimum absolute atomic E-state index is 0.0324. The molecule has 0 bridgehead atoms. The number of rotatable bonds is 24. The average molecular weight is 964 g/mol. The van der Waals surface area contributed by atoms with E-state index in [1.807, 2.05) is 0 Å². The Morgan fingerprint density at radius 2 is 1.46 bits per heavy atom. The molecule has 376 valence electrons. The topological polar surface area (TPSA) is 399 Å². The predicted molar refractivity (Wildman–Crippen MR) is 233 cm³/mol. The maximum atomic E-state index is 13.9. The molecule has 0 radical (unpaired) electrons. The van der Waals surface area contributed by atoms with Gasteiger partial charge in [-0.2, -0.15) is 0 Å². The van der Waals surface area contributed by atoms with E-state index in [9.17, 15) is 58.2 Å². The summed E-state index contributed by atoms with van der Waals surface area (Å²) in [6, 6.07) is 1.09. The number of amides is 5. The maximum Gasteiger partial charge on any atom is 0.326 e. The van der Waals surface area contributed by atoms with Crippen molar-refractivity contribution in [3.05, 3.63) is 35.9 Å². The highest BCUT2D eigenvalue weighted by Gasteiger charge is 2.52. The van der Waals surface area contributed by atoms with Crippen LogP contribution in [0, 0.1) is 0 Å². The van der Waals surface area contributed by atoms with Gasteiger partial charge < -0.3 is 77.3 Å². The minimum Gasteiger partial charge on any atom is -0.481 e. The van der Waals surface area contributed by atoms with Crippen LogP contribution in [0.3, 0.4) is 0 Å². The number of hydrogen-bond donors (Lipinski definition) is 9.